The van der Waals surface area contributed by atoms with Gasteiger partial charge >= 0.3 is 0 Å². The molecule has 0 bridgehead atoms. The average molecular weight is 549 g/mol. The van der Waals surface area contributed by atoms with Crippen LogP contribution in [0.3, 0.4) is 0 Å². The smallest absolute Gasteiger partial charge is 0.0895 e. The van der Waals surface area contributed by atoms with Gasteiger partial charge in [0.05, 0.1) is 45.6 Å². The van der Waals surface area contributed by atoms with E-state index in [1.807, 2.05) is 150 Å². The molecule has 5 aromatic rings. The Hall–Kier alpha value is -5.36. The lowest BCUT2D eigenvalue weighted by Gasteiger charge is -2.07. The molecule has 206 valence electrons. The van der Waals surface area contributed by atoms with Gasteiger partial charge in [-0.05, 0) is 123 Å². The molecule has 0 amide bonds. The van der Waals surface area contributed by atoms with Crippen LogP contribution in [0.4, 0.5) is 0 Å². The lowest BCUT2D eigenvalue weighted by molar-refractivity contribution is 1.12. The van der Waals surface area contributed by atoms with Crippen molar-refractivity contribution in [1.29, 1.82) is 0 Å². The number of hydrogen-bond acceptors (Lipinski definition) is 6. The number of nitrogens with zero attached hydrogens (tertiary/aromatic N) is 6. The second-order valence-corrected chi connectivity index (χ2v) is 10.1. The molecule has 0 saturated carbocycles. The minimum Gasteiger partial charge on any atom is -0.257 e. The van der Waals surface area contributed by atoms with Crippen LogP contribution >= 0.6 is 0 Å². The maximum absolute atomic E-state index is 5.06. The quantitative estimate of drug-likeness (QED) is 0.196. The standard InChI is InChI=1S/C36H32N6/c1-25-5-9-29(37-21-25)13-17-33-34(18-14-30-10-6-26(2)22-38-30)42-36(20-16-32-12-8-28(4)24-40-32)35(41-33)19-15-31-11-7-27(3)23-39-31/h5-24H,1-4H3. The second kappa shape index (κ2) is 13.3. The predicted octanol–water partition coefficient (Wildman–Crippen LogP) is 7.97. The highest BCUT2D eigenvalue weighted by Gasteiger charge is 2.09. The van der Waals surface area contributed by atoms with Crippen LogP contribution in [0.5, 0.6) is 0 Å². The van der Waals surface area contributed by atoms with Gasteiger partial charge in [-0.3, -0.25) is 19.9 Å². The van der Waals surface area contributed by atoms with Crippen LogP contribution in [0, 0.1) is 27.7 Å². The summed E-state index contributed by atoms with van der Waals surface area (Å²) >= 11 is 0. The SMILES string of the molecule is Cc1ccc(C=Cc2nc(C=Cc3ccc(C)cn3)c(C=Cc3ccc(C)cn3)nc2C=Cc2ccc(C)cn2)nc1. The molecule has 0 atom stereocenters. The van der Waals surface area contributed by atoms with Gasteiger partial charge in [0.15, 0.2) is 0 Å². The van der Waals surface area contributed by atoms with E-state index in [-0.39, 0.29) is 0 Å². The van der Waals surface area contributed by atoms with Crippen LogP contribution < -0.4 is 0 Å². The number of pyridine rings is 4. The lowest BCUT2D eigenvalue weighted by Crippen LogP contribution is -2.00. The van der Waals surface area contributed by atoms with Gasteiger partial charge in [0, 0.05) is 24.8 Å². The lowest BCUT2D eigenvalue weighted by atomic mass is 10.1. The number of aryl methyl sites for hydroxylation is 4. The fraction of sp³-hybridized carbons (Fsp3) is 0.111. The molecule has 42 heavy (non-hydrogen) atoms. The molecule has 0 unspecified atom stereocenters. The molecule has 0 saturated heterocycles. The first-order chi connectivity index (χ1) is 20.4. The summed E-state index contributed by atoms with van der Waals surface area (Å²) in [5, 5.41) is 0. The normalized spacial score (nSPS) is 11.9. The van der Waals surface area contributed by atoms with Gasteiger partial charge < -0.3 is 0 Å². The highest BCUT2D eigenvalue weighted by atomic mass is 14.8. The van der Waals surface area contributed by atoms with Crippen LogP contribution in [0.25, 0.3) is 48.6 Å². The zero-order chi connectivity index (χ0) is 29.3. The van der Waals surface area contributed by atoms with Crippen LogP contribution in [0.1, 0.15) is 67.8 Å². The van der Waals surface area contributed by atoms with Gasteiger partial charge in [-0.15, -0.1) is 0 Å². The van der Waals surface area contributed by atoms with Crippen molar-refractivity contribution in [2.24, 2.45) is 0 Å². The zero-order valence-electron chi connectivity index (χ0n) is 24.2. The number of aromatic nitrogens is 6. The van der Waals surface area contributed by atoms with Crippen LogP contribution in [0.2, 0.25) is 0 Å². The summed E-state index contributed by atoms with van der Waals surface area (Å²) in [7, 11) is 0. The van der Waals surface area contributed by atoms with Gasteiger partial charge in [0.1, 0.15) is 0 Å². The minimum absolute atomic E-state index is 0.711. The van der Waals surface area contributed by atoms with Crippen molar-refractivity contribution in [2.75, 3.05) is 0 Å². The summed E-state index contributed by atoms with van der Waals surface area (Å²) < 4.78 is 0. The van der Waals surface area contributed by atoms with E-state index >= 15 is 0 Å². The van der Waals surface area contributed by atoms with E-state index in [4.69, 9.17) is 9.97 Å². The van der Waals surface area contributed by atoms with Crippen molar-refractivity contribution in [3.05, 3.63) is 141 Å². The molecule has 0 radical (unpaired) electrons. The van der Waals surface area contributed by atoms with Gasteiger partial charge in [0.2, 0.25) is 0 Å². The summed E-state index contributed by atoms with van der Waals surface area (Å²) in [5.74, 6) is 0. The molecule has 0 aromatic carbocycles. The van der Waals surface area contributed by atoms with Crippen molar-refractivity contribution in [3.63, 3.8) is 0 Å². The summed E-state index contributed by atoms with van der Waals surface area (Å²) in [6, 6.07) is 16.1. The second-order valence-electron chi connectivity index (χ2n) is 10.1. The molecular formula is C36H32N6. The Balaban J connectivity index is 1.60. The van der Waals surface area contributed by atoms with Crippen molar-refractivity contribution >= 4 is 48.6 Å². The third-order valence-electron chi connectivity index (χ3n) is 6.39. The monoisotopic (exact) mass is 548 g/mol. The number of rotatable bonds is 8. The topological polar surface area (TPSA) is 77.3 Å². The maximum Gasteiger partial charge on any atom is 0.0895 e. The van der Waals surface area contributed by atoms with E-state index in [1.54, 1.807) is 0 Å². The van der Waals surface area contributed by atoms with Crippen molar-refractivity contribution in [1.82, 2.24) is 29.9 Å². The average Bonchev–Trinajstić information content (AvgIpc) is 3.00. The highest BCUT2D eigenvalue weighted by molar-refractivity contribution is 5.80. The summed E-state index contributed by atoms with van der Waals surface area (Å²) in [6.45, 7) is 8.09. The van der Waals surface area contributed by atoms with Crippen LogP contribution in [-0.2, 0) is 0 Å². The Morgan fingerprint density at radius 1 is 0.333 bits per heavy atom. The highest BCUT2D eigenvalue weighted by Crippen LogP contribution is 2.20. The predicted molar refractivity (Wildman–Crippen MR) is 174 cm³/mol. The third-order valence-corrected chi connectivity index (χ3v) is 6.39. The van der Waals surface area contributed by atoms with Crippen LogP contribution in [0.15, 0.2) is 73.3 Å². The van der Waals surface area contributed by atoms with Crippen LogP contribution in [-0.4, -0.2) is 29.9 Å². The first kappa shape index (κ1) is 28.2. The molecule has 5 aromatic heterocycles. The Morgan fingerprint density at radius 3 is 0.762 bits per heavy atom. The maximum atomic E-state index is 5.06. The third kappa shape index (κ3) is 7.86. The molecule has 6 heteroatoms. The Kier molecular flexibility index (Phi) is 8.94. The van der Waals surface area contributed by atoms with Gasteiger partial charge in [-0.25, -0.2) is 9.97 Å². The Labute approximate surface area is 247 Å². The van der Waals surface area contributed by atoms with Crippen molar-refractivity contribution < 1.29 is 0 Å². The van der Waals surface area contributed by atoms with E-state index in [0.29, 0.717) is 22.8 Å². The van der Waals surface area contributed by atoms with Gasteiger partial charge in [-0.1, -0.05) is 24.3 Å². The Morgan fingerprint density at radius 2 is 0.571 bits per heavy atom. The fourth-order valence-corrected chi connectivity index (χ4v) is 3.95. The van der Waals surface area contributed by atoms with E-state index in [2.05, 4.69) is 19.9 Å². The molecule has 0 spiro atoms. The molecule has 0 fully saturated rings. The first-order valence-corrected chi connectivity index (χ1v) is 13.8. The molecule has 0 N–H and O–H groups in total. The van der Waals surface area contributed by atoms with E-state index in [1.165, 1.54) is 0 Å². The van der Waals surface area contributed by atoms with Crippen molar-refractivity contribution in [2.45, 2.75) is 27.7 Å². The van der Waals surface area contributed by atoms with E-state index < -0.39 is 0 Å². The largest absolute Gasteiger partial charge is 0.257 e. The molecular weight excluding hydrogens is 516 g/mol. The van der Waals surface area contributed by atoms with E-state index in [9.17, 15) is 0 Å². The summed E-state index contributed by atoms with van der Waals surface area (Å²) in [5.41, 5.74) is 10.6. The van der Waals surface area contributed by atoms with Crippen molar-refractivity contribution in [3.8, 4) is 0 Å². The summed E-state index contributed by atoms with van der Waals surface area (Å²) in [6.07, 6.45) is 23.0. The van der Waals surface area contributed by atoms with Gasteiger partial charge in [0.25, 0.3) is 0 Å². The van der Waals surface area contributed by atoms with E-state index in [0.717, 1.165) is 45.0 Å². The van der Waals surface area contributed by atoms with Gasteiger partial charge in [-0.2, -0.15) is 0 Å². The zero-order valence-corrected chi connectivity index (χ0v) is 24.2. The minimum atomic E-state index is 0.711. The molecule has 5 heterocycles. The molecule has 5 rings (SSSR count). The molecule has 6 nitrogen and oxygen atoms in total. The molecule has 0 aliphatic rings. The number of hydrogen-bond donors (Lipinski definition) is 0. The summed E-state index contributed by atoms with van der Waals surface area (Å²) in [4.78, 5) is 28.2. The molecule has 0 aliphatic heterocycles. The molecule has 0 aliphatic carbocycles. The first-order valence-electron chi connectivity index (χ1n) is 13.8. The fourth-order valence-electron chi connectivity index (χ4n) is 3.95. The Bertz CT molecular complexity index is 1500.